The molecular weight excluding hydrogens is 286 g/mol. The van der Waals surface area contributed by atoms with Crippen LogP contribution in [0.5, 0.6) is 0 Å². The van der Waals surface area contributed by atoms with E-state index in [1.54, 1.807) is 11.9 Å². The summed E-state index contributed by atoms with van der Waals surface area (Å²) in [6, 6.07) is -0.0182. The van der Waals surface area contributed by atoms with Gasteiger partial charge in [-0.25, -0.2) is 4.79 Å². The molecule has 2 fully saturated rings. The SMILES string of the molecule is CNC(=O)N1CCC(C2CCN(C(=O)CCC(=O)O)C2)CC1. The lowest BCUT2D eigenvalue weighted by Crippen LogP contribution is -2.44. The highest BCUT2D eigenvalue weighted by Crippen LogP contribution is 2.32. The maximum absolute atomic E-state index is 12.0. The molecule has 3 amide bonds. The van der Waals surface area contributed by atoms with Crippen LogP contribution in [0.3, 0.4) is 0 Å². The number of nitrogens with one attached hydrogen (secondary N) is 1. The Kier molecular flexibility index (Phi) is 5.63. The number of aliphatic carboxylic acids is 1. The molecule has 2 aliphatic rings. The Morgan fingerprint density at radius 1 is 1.00 bits per heavy atom. The smallest absolute Gasteiger partial charge is 0.317 e. The van der Waals surface area contributed by atoms with Crippen LogP contribution >= 0.6 is 0 Å². The van der Waals surface area contributed by atoms with Crippen molar-refractivity contribution >= 4 is 17.9 Å². The highest BCUT2D eigenvalue weighted by molar-refractivity contribution is 5.80. The minimum atomic E-state index is -0.925. The van der Waals surface area contributed by atoms with Gasteiger partial charge in [0.15, 0.2) is 0 Å². The molecule has 2 heterocycles. The topological polar surface area (TPSA) is 90.0 Å². The number of carboxylic acid groups (broad SMARTS) is 1. The molecular formula is C15H25N3O4. The van der Waals surface area contributed by atoms with Gasteiger partial charge in [-0.3, -0.25) is 9.59 Å². The van der Waals surface area contributed by atoms with E-state index in [4.69, 9.17) is 5.11 Å². The van der Waals surface area contributed by atoms with E-state index in [1.807, 2.05) is 4.90 Å². The lowest BCUT2D eigenvalue weighted by atomic mass is 9.84. The van der Waals surface area contributed by atoms with Crippen molar-refractivity contribution in [3.8, 4) is 0 Å². The van der Waals surface area contributed by atoms with Gasteiger partial charge in [-0.15, -0.1) is 0 Å². The standard InChI is InChI=1S/C15H25N3O4/c1-16-15(22)17-7-4-11(5-8-17)12-6-9-18(10-12)13(19)2-3-14(20)21/h11-12H,2-10H2,1H3,(H,16,22)(H,20,21). The molecule has 2 N–H and O–H groups in total. The average molecular weight is 311 g/mol. The average Bonchev–Trinajstić information content (AvgIpc) is 3.02. The van der Waals surface area contributed by atoms with Crippen molar-refractivity contribution in [2.24, 2.45) is 11.8 Å². The summed E-state index contributed by atoms with van der Waals surface area (Å²) >= 11 is 0. The molecule has 0 aromatic rings. The summed E-state index contributed by atoms with van der Waals surface area (Å²) in [7, 11) is 1.64. The van der Waals surface area contributed by atoms with Crippen molar-refractivity contribution in [3.63, 3.8) is 0 Å². The van der Waals surface area contributed by atoms with Crippen LogP contribution in [-0.4, -0.2) is 66.0 Å². The van der Waals surface area contributed by atoms with E-state index in [1.165, 1.54) is 0 Å². The molecule has 7 nitrogen and oxygen atoms in total. The van der Waals surface area contributed by atoms with Crippen LogP contribution in [0.15, 0.2) is 0 Å². The summed E-state index contributed by atoms with van der Waals surface area (Å²) in [5, 5.41) is 11.3. The Morgan fingerprint density at radius 3 is 2.18 bits per heavy atom. The molecule has 2 aliphatic heterocycles. The molecule has 22 heavy (non-hydrogen) atoms. The molecule has 0 bridgehead atoms. The van der Waals surface area contributed by atoms with E-state index in [2.05, 4.69) is 5.32 Å². The van der Waals surface area contributed by atoms with E-state index in [9.17, 15) is 14.4 Å². The number of rotatable bonds is 4. The number of carboxylic acids is 1. The monoisotopic (exact) mass is 311 g/mol. The molecule has 2 rings (SSSR count). The van der Waals surface area contributed by atoms with Crippen LogP contribution in [0.1, 0.15) is 32.1 Å². The molecule has 0 aromatic heterocycles. The number of amides is 3. The third-order valence-corrected chi connectivity index (χ3v) is 4.84. The minimum Gasteiger partial charge on any atom is -0.481 e. The predicted molar refractivity (Wildman–Crippen MR) is 80.3 cm³/mol. The number of hydrogen-bond acceptors (Lipinski definition) is 3. The number of nitrogens with zero attached hydrogens (tertiary/aromatic N) is 2. The Morgan fingerprint density at radius 2 is 1.59 bits per heavy atom. The highest BCUT2D eigenvalue weighted by Gasteiger charge is 2.34. The van der Waals surface area contributed by atoms with Gasteiger partial charge in [0.25, 0.3) is 0 Å². The van der Waals surface area contributed by atoms with Gasteiger partial charge in [0.05, 0.1) is 6.42 Å². The molecule has 0 radical (unpaired) electrons. The van der Waals surface area contributed by atoms with Gasteiger partial charge in [-0.05, 0) is 31.1 Å². The zero-order chi connectivity index (χ0) is 16.1. The third-order valence-electron chi connectivity index (χ3n) is 4.84. The zero-order valence-corrected chi connectivity index (χ0v) is 13.1. The van der Waals surface area contributed by atoms with Crippen LogP contribution in [0, 0.1) is 11.8 Å². The molecule has 2 saturated heterocycles. The van der Waals surface area contributed by atoms with Gasteiger partial charge in [-0.1, -0.05) is 0 Å². The van der Waals surface area contributed by atoms with Crippen molar-refractivity contribution in [3.05, 3.63) is 0 Å². The Hall–Kier alpha value is -1.79. The van der Waals surface area contributed by atoms with Crippen LogP contribution in [0.2, 0.25) is 0 Å². The summed E-state index contributed by atoms with van der Waals surface area (Å²) in [4.78, 5) is 37.7. The van der Waals surface area contributed by atoms with Gasteiger partial charge in [0.2, 0.25) is 5.91 Å². The fourth-order valence-corrected chi connectivity index (χ4v) is 3.50. The molecule has 0 aliphatic carbocycles. The van der Waals surface area contributed by atoms with Crippen LogP contribution < -0.4 is 5.32 Å². The van der Waals surface area contributed by atoms with Crippen LogP contribution in [0.4, 0.5) is 4.79 Å². The number of carbonyl (C=O) groups is 3. The number of hydrogen-bond donors (Lipinski definition) is 2. The summed E-state index contributed by atoms with van der Waals surface area (Å²) < 4.78 is 0. The fourth-order valence-electron chi connectivity index (χ4n) is 3.50. The number of likely N-dealkylation sites (tertiary alicyclic amines) is 2. The molecule has 1 unspecified atom stereocenters. The first-order valence-corrected chi connectivity index (χ1v) is 7.97. The van der Waals surface area contributed by atoms with Crippen molar-refractivity contribution < 1.29 is 19.5 Å². The lowest BCUT2D eigenvalue weighted by molar-refractivity contribution is -0.140. The molecule has 0 spiro atoms. The first kappa shape index (κ1) is 16.6. The van der Waals surface area contributed by atoms with Crippen LogP contribution in [0.25, 0.3) is 0 Å². The van der Waals surface area contributed by atoms with Gasteiger partial charge in [0, 0.05) is 39.6 Å². The second kappa shape index (κ2) is 7.47. The Balaban J connectivity index is 1.76. The molecule has 124 valence electrons. The van der Waals surface area contributed by atoms with Crippen LogP contribution in [-0.2, 0) is 9.59 Å². The number of piperidine rings is 1. The highest BCUT2D eigenvalue weighted by atomic mass is 16.4. The third kappa shape index (κ3) is 4.11. The normalized spacial score (nSPS) is 22.7. The van der Waals surface area contributed by atoms with E-state index < -0.39 is 5.97 Å². The Bertz CT molecular complexity index is 433. The van der Waals surface area contributed by atoms with Crippen molar-refractivity contribution in [2.45, 2.75) is 32.1 Å². The summed E-state index contributed by atoms with van der Waals surface area (Å²) in [5.74, 6) is 0.0668. The fraction of sp³-hybridized carbons (Fsp3) is 0.800. The largest absolute Gasteiger partial charge is 0.481 e. The van der Waals surface area contributed by atoms with Crippen molar-refractivity contribution in [1.29, 1.82) is 0 Å². The maximum Gasteiger partial charge on any atom is 0.317 e. The molecule has 0 saturated carbocycles. The zero-order valence-electron chi connectivity index (χ0n) is 13.1. The van der Waals surface area contributed by atoms with Crippen molar-refractivity contribution in [2.75, 3.05) is 33.2 Å². The van der Waals surface area contributed by atoms with E-state index in [-0.39, 0.29) is 24.8 Å². The van der Waals surface area contributed by atoms with E-state index in [0.717, 1.165) is 45.4 Å². The minimum absolute atomic E-state index is 0.0182. The maximum atomic E-state index is 12.0. The molecule has 0 aromatic carbocycles. The summed E-state index contributed by atoms with van der Waals surface area (Å²) in [6.45, 7) is 3.02. The second-order valence-electron chi connectivity index (χ2n) is 6.16. The first-order chi connectivity index (χ1) is 10.5. The predicted octanol–water partition coefficient (Wildman–Crippen LogP) is 0.751. The Labute approximate surface area is 130 Å². The number of carbonyl (C=O) groups excluding carboxylic acids is 2. The first-order valence-electron chi connectivity index (χ1n) is 7.97. The summed E-state index contributed by atoms with van der Waals surface area (Å²) in [5.41, 5.74) is 0. The van der Waals surface area contributed by atoms with Crippen molar-refractivity contribution in [1.82, 2.24) is 15.1 Å². The van der Waals surface area contributed by atoms with Gasteiger partial charge in [0.1, 0.15) is 0 Å². The molecule has 7 heteroatoms. The van der Waals surface area contributed by atoms with Gasteiger partial charge >= 0.3 is 12.0 Å². The number of urea groups is 1. The van der Waals surface area contributed by atoms with E-state index in [0.29, 0.717) is 11.8 Å². The van der Waals surface area contributed by atoms with E-state index >= 15 is 0 Å². The lowest BCUT2D eigenvalue weighted by Gasteiger charge is -2.34. The van der Waals surface area contributed by atoms with Gasteiger partial charge in [-0.2, -0.15) is 0 Å². The molecule has 1 atom stereocenters. The quantitative estimate of drug-likeness (QED) is 0.802. The summed E-state index contributed by atoms with van der Waals surface area (Å²) in [6.07, 6.45) is 2.95. The van der Waals surface area contributed by atoms with Gasteiger partial charge < -0.3 is 20.2 Å². The second-order valence-corrected chi connectivity index (χ2v) is 6.16.